The van der Waals surface area contributed by atoms with Gasteiger partial charge in [0.25, 0.3) is 0 Å². The van der Waals surface area contributed by atoms with Crippen LogP contribution >= 0.6 is 0 Å². The van der Waals surface area contributed by atoms with Crippen molar-refractivity contribution in [1.29, 1.82) is 0 Å². The van der Waals surface area contributed by atoms with Gasteiger partial charge in [-0.15, -0.1) is 0 Å². The van der Waals surface area contributed by atoms with Crippen LogP contribution in [0.5, 0.6) is 0 Å². The van der Waals surface area contributed by atoms with E-state index in [1.807, 2.05) is 6.92 Å². The Kier molecular flexibility index (Phi) is 6.32. The molecule has 3 N–H and O–H groups in total. The van der Waals surface area contributed by atoms with Crippen molar-refractivity contribution in [2.24, 2.45) is 0 Å². The number of hydrogen-bond donors (Lipinski definition) is 3. The maximum Gasteiger partial charge on any atom is 0.333 e. The molecule has 156 valence electrons. The Hall–Kier alpha value is -3.45. The fraction of sp³-hybridized carbons (Fsp3) is 0.261. The van der Waals surface area contributed by atoms with Crippen molar-refractivity contribution in [2.45, 2.75) is 20.0 Å². The highest BCUT2D eigenvalue weighted by molar-refractivity contribution is 6.31. The molecule has 1 aliphatic rings. The van der Waals surface area contributed by atoms with Crippen LogP contribution in [0.3, 0.4) is 0 Å². The van der Waals surface area contributed by atoms with E-state index in [9.17, 15) is 19.5 Å². The smallest absolute Gasteiger partial charge is 0.333 e. The predicted octanol–water partition coefficient (Wildman–Crippen LogP) is 2.79. The summed E-state index contributed by atoms with van der Waals surface area (Å²) >= 11 is 0. The van der Waals surface area contributed by atoms with Crippen molar-refractivity contribution in [3.63, 3.8) is 0 Å². The van der Waals surface area contributed by atoms with Gasteiger partial charge in [0.2, 0.25) is 0 Å². The number of esters is 1. The molecule has 7 nitrogen and oxygen atoms in total. The van der Waals surface area contributed by atoms with Crippen molar-refractivity contribution in [3.05, 3.63) is 70.8 Å². The second kappa shape index (κ2) is 8.92. The molecule has 3 rings (SSSR count). The summed E-state index contributed by atoms with van der Waals surface area (Å²) in [6.45, 7) is 7.31. The number of hydrogen-bond acceptors (Lipinski definition) is 7. The van der Waals surface area contributed by atoms with Gasteiger partial charge in [0.1, 0.15) is 12.7 Å². The van der Waals surface area contributed by atoms with E-state index in [4.69, 9.17) is 4.74 Å². The predicted molar refractivity (Wildman–Crippen MR) is 114 cm³/mol. The first-order valence-corrected chi connectivity index (χ1v) is 9.69. The number of ether oxygens (including phenoxy) is 1. The first-order chi connectivity index (χ1) is 14.3. The summed E-state index contributed by atoms with van der Waals surface area (Å²) in [5.74, 6) is -1.07. The lowest BCUT2D eigenvalue weighted by Gasteiger charge is -2.24. The summed E-state index contributed by atoms with van der Waals surface area (Å²) in [6, 6.07) is 10.2. The molecule has 0 fully saturated rings. The number of rotatable bonds is 8. The minimum atomic E-state index is -1.00. The van der Waals surface area contributed by atoms with Gasteiger partial charge in [0, 0.05) is 41.2 Å². The van der Waals surface area contributed by atoms with Crippen LogP contribution in [0, 0.1) is 0 Å². The van der Waals surface area contributed by atoms with Crippen molar-refractivity contribution >= 4 is 28.9 Å². The number of aliphatic hydroxyl groups excluding tert-OH is 1. The zero-order valence-corrected chi connectivity index (χ0v) is 17.0. The Morgan fingerprint density at radius 2 is 1.57 bits per heavy atom. The van der Waals surface area contributed by atoms with Gasteiger partial charge in [-0.2, -0.15) is 0 Å². The monoisotopic (exact) mass is 408 g/mol. The van der Waals surface area contributed by atoms with Crippen LogP contribution < -0.4 is 10.6 Å². The number of ketones is 2. The highest BCUT2D eigenvalue weighted by Crippen LogP contribution is 2.36. The number of nitrogens with one attached hydrogen (secondary N) is 2. The zero-order chi connectivity index (χ0) is 21.8. The van der Waals surface area contributed by atoms with E-state index in [0.717, 1.165) is 0 Å². The van der Waals surface area contributed by atoms with Crippen molar-refractivity contribution in [2.75, 3.05) is 30.3 Å². The molecule has 2 aromatic carbocycles. The minimum Gasteiger partial charge on any atom is -0.460 e. The van der Waals surface area contributed by atoms with E-state index in [-0.39, 0.29) is 35.9 Å². The summed E-state index contributed by atoms with van der Waals surface area (Å²) < 4.78 is 4.94. The molecule has 7 heteroatoms. The fourth-order valence-electron chi connectivity index (χ4n) is 3.29. The summed E-state index contributed by atoms with van der Waals surface area (Å²) in [6.07, 6.45) is -1.00. The van der Waals surface area contributed by atoms with Gasteiger partial charge in [-0.1, -0.05) is 30.8 Å². The second-order valence-corrected chi connectivity index (χ2v) is 7.06. The third-order valence-corrected chi connectivity index (χ3v) is 4.73. The lowest BCUT2D eigenvalue weighted by Crippen LogP contribution is -2.29. The number of aliphatic hydroxyl groups is 1. The van der Waals surface area contributed by atoms with Gasteiger partial charge in [-0.05, 0) is 26.0 Å². The van der Waals surface area contributed by atoms with Gasteiger partial charge >= 0.3 is 5.97 Å². The van der Waals surface area contributed by atoms with Crippen LogP contribution in [0.15, 0.2) is 48.6 Å². The number of carbonyl (C=O) groups excluding carboxylic acids is 3. The van der Waals surface area contributed by atoms with Crippen LogP contribution in [0.2, 0.25) is 0 Å². The number of carbonyl (C=O) groups is 3. The van der Waals surface area contributed by atoms with Gasteiger partial charge in [-0.3, -0.25) is 9.59 Å². The van der Waals surface area contributed by atoms with Crippen LogP contribution in [-0.4, -0.2) is 48.4 Å². The number of anilines is 2. The maximum absolute atomic E-state index is 13.2. The molecule has 0 heterocycles. The Balaban J connectivity index is 1.88. The van der Waals surface area contributed by atoms with E-state index < -0.39 is 12.1 Å². The fourth-order valence-corrected chi connectivity index (χ4v) is 3.29. The van der Waals surface area contributed by atoms with E-state index in [1.165, 1.54) is 6.92 Å². The Morgan fingerprint density at radius 3 is 2.07 bits per heavy atom. The van der Waals surface area contributed by atoms with E-state index in [0.29, 0.717) is 34.6 Å². The third kappa shape index (κ3) is 4.11. The molecule has 1 atom stereocenters. The molecule has 2 aromatic rings. The van der Waals surface area contributed by atoms with Crippen LogP contribution in [-0.2, 0) is 9.53 Å². The first kappa shape index (κ1) is 21.3. The lowest BCUT2D eigenvalue weighted by atomic mass is 9.82. The van der Waals surface area contributed by atoms with Crippen molar-refractivity contribution in [1.82, 2.24) is 0 Å². The van der Waals surface area contributed by atoms with Crippen LogP contribution in [0.25, 0.3) is 0 Å². The molecule has 0 aromatic heterocycles. The summed E-state index contributed by atoms with van der Waals surface area (Å²) in [4.78, 5) is 37.8. The van der Waals surface area contributed by atoms with Gasteiger partial charge in [-0.25, -0.2) is 4.79 Å². The zero-order valence-electron chi connectivity index (χ0n) is 17.0. The molecule has 0 amide bonds. The minimum absolute atomic E-state index is 0.0274. The molecule has 0 saturated carbocycles. The summed E-state index contributed by atoms with van der Waals surface area (Å²) in [7, 11) is 0. The molecule has 0 aliphatic heterocycles. The molecular formula is C23H24N2O5. The quantitative estimate of drug-likeness (QED) is 0.389. The average Bonchev–Trinajstić information content (AvgIpc) is 2.74. The summed E-state index contributed by atoms with van der Waals surface area (Å²) in [5, 5.41) is 16.3. The van der Waals surface area contributed by atoms with Crippen LogP contribution in [0.4, 0.5) is 11.4 Å². The number of fused-ring (bicyclic) bond motifs is 2. The van der Waals surface area contributed by atoms with Crippen molar-refractivity contribution in [3.8, 4) is 0 Å². The molecular weight excluding hydrogens is 384 g/mol. The van der Waals surface area contributed by atoms with Crippen LogP contribution in [0.1, 0.15) is 45.7 Å². The van der Waals surface area contributed by atoms with E-state index >= 15 is 0 Å². The molecule has 0 bridgehead atoms. The summed E-state index contributed by atoms with van der Waals surface area (Å²) in [5.41, 5.74) is 2.57. The largest absolute Gasteiger partial charge is 0.460 e. The van der Waals surface area contributed by atoms with Gasteiger partial charge in [0.15, 0.2) is 11.6 Å². The SMILES string of the molecule is C=C(C)C(=O)OCC(O)CNc1ccc(NCC)c2c1C(=O)c1ccccc1C2=O. The molecule has 30 heavy (non-hydrogen) atoms. The molecule has 1 aliphatic carbocycles. The molecule has 0 radical (unpaired) electrons. The highest BCUT2D eigenvalue weighted by atomic mass is 16.5. The van der Waals surface area contributed by atoms with Crippen molar-refractivity contribution < 1.29 is 24.2 Å². The standard InChI is InChI=1S/C23H24N2O5/c1-4-24-17-9-10-18(25-11-14(26)12-30-23(29)13(2)3)20-19(17)21(27)15-7-5-6-8-16(15)22(20)28/h5-10,14,24-26H,2,4,11-12H2,1,3H3. The Labute approximate surface area is 174 Å². The Bertz CT molecular complexity index is 1030. The van der Waals surface area contributed by atoms with Gasteiger partial charge < -0.3 is 20.5 Å². The molecule has 0 saturated heterocycles. The molecule has 1 unspecified atom stereocenters. The first-order valence-electron chi connectivity index (χ1n) is 9.69. The second-order valence-electron chi connectivity index (χ2n) is 7.06. The van der Waals surface area contributed by atoms with E-state index in [2.05, 4.69) is 17.2 Å². The number of benzene rings is 2. The normalized spacial score (nSPS) is 13.2. The van der Waals surface area contributed by atoms with E-state index in [1.54, 1.807) is 36.4 Å². The topological polar surface area (TPSA) is 105 Å². The molecule has 0 spiro atoms. The lowest BCUT2D eigenvalue weighted by molar-refractivity contribution is -0.141. The van der Waals surface area contributed by atoms with Gasteiger partial charge in [0.05, 0.1) is 11.1 Å². The maximum atomic E-state index is 13.2. The average molecular weight is 408 g/mol. The Morgan fingerprint density at radius 1 is 1.03 bits per heavy atom. The third-order valence-electron chi connectivity index (χ3n) is 4.73. The highest BCUT2D eigenvalue weighted by Gasteiger charge is 2.33.